The van der Waals surface area contributed by atoms with E-state index >= 15 is 0 Å². The second kappa shape index (κ2) is 12.3. The molecular formula is C14H24. The predicted octanol–water partition coefficient (Wildman–Crippen LogP) is 4.71. The molecule has 0 unspecified atom stereocenters. The lowest BCUT2D eigenvalue weighted by molar-refractivity contribution is 0.611. The first-order chi connectivity index (χ1) is 6.91. The number of allylic oxidation sites excluding steroid dienone is 2. The van der Waals surface area contributed by atoms with E-state index < -0.39 is 0 Å². The van der Waals surface area contributed by atoms with E-state index in [0.29, 0.717) is 0 Å². The quantitative estimate of drug-likeness (QED) is 0.282. The van der Waals surface area contributed by atoms with Gasteiger partial charge in [0.1, 0.15) is 0 Å². The van der Waals surface area contributed by atoms with Gasteiger partial charge in [0.15, 0.2) is 0 Å². The van der Waals surface area contributed by atoms with Gasteiger partial charge in [-0.05, 0) is 19.3 Å². The smallest absolute Gasteiger partial charge is 0.0121 e. The Labute approximate surface area is 89.8 Å². The number of unbranched alkanes of at least 4 members (excludes halogenated alkanes) is 7. The second-order valence-corrected chi connectivity index (χ2v) is 3.77. The Hall–Kier alpha value is -0.700. The Morgan fingerprint density at radius 1 is 0.929 bits per heavy atom. The van der Waals surface area contributed by atoms with Crippen LogP contribution in [-0.2, 0) is 0 Å². The first kappa shape index (κ1) is 13.3. The molecule has 0 amide bonds. The fourth-order valence-electron chi connectivity index (χ4n) is 1.44. The lowest BCUT2D eigenvalue weighted by Gasteiger charge is -1.97. The molecule has 0 saturated heterocycles. The Morgan fingerprint density at radius 3 is 2.29 bits per heavy atom. The highest BCUT2D eigenvalue weighted by Gasteiger charge is 1.87. The van der Waals surface area contributed by atoms with Crippen LogP contribution in [0.1, 0.15) is 64.7 Å². The van der Waals surface area contributed by atoms with Gasteiger partial charge >= 0.3 is 0 Å². The van der Waals surface area contributed by atoms with Gasteiger partial charge in [-0.1, -0.05) is 51.2 Å². The van der Waals surface area contributed by atoms with Crippen molar-refractivity contribution in [2.45, 2.75) is 64.7 Å². The molecule has 0 radical (unpaired) electrons. The Morgan fingerprint density at radius 2 is 1.57 bits per heavy atom. The van der Waals surface area contributed by atoms with Crippen molar-refractivity contribution in [1.82, 2.24) is 0 Å². The normalized spacial score (nSPS) is 10.6. The first-order valence-electron chi connectivity index (χ1n) is 6.00. The molecule has 0 aromatic heterocycles. The van der Waals surface area contributed by atoms with E-state index in [-0.39, 0.29) is 0 Å². The highest BCUT2D eigenvalue weighted by Crippen LogP contribution is 2.07. The zero-order chi connectivity index (χ0) is 10.5. The summed E-state index contributed by atoms with van der Waals surface area (Å²) in [4.78, 5) is 0. The van der Waals surface area contributed by atoms with Gasteiger partial charge in [-0.15, -0.1) is 12.3 Å². The minimum Gasteiger partial charge on any atom is -0.120 e. The van der Waals surface area contributed by atoms with E-state index in [1.807, 2.05) is 0 Å². The molecule has 0 aliphatic rings. The molecule has 0 rings (SSSR count). The predicted molar refractivity (Wildman–Crippen MR) is 65.2 cm³/mol. The van der Waals surface area contributed by atoms with Crippen LogP contribution >= 0.6 is 0 Å². The van der Waals surface area contributed by atoms with E-state index in [1.165, 1.54) is 44.9 Å². The summed E-state index contributed by atoms with van der Waals surface area (Å²) in [5.74, 6) is 2.64. The number of rotatable bonds is 9. The average molecular weight is 192 g/mol. The van der Waals surface area contributed by atoms with Crippen LogP contribution in [0.15, 0.2) is 12.2 Å². The molecular weight excluding hydrogens is 168 g/mol. The van der Waals surface area contributed by atoms with Gasteiger partial charge in [0, 0.05) is 6.42 Å². The molecule has 14 heavy (non-hydrogen) atoms. The topological polar surface area (TPSA) is 0 Å². The maximum absolute atomic E-state index is 5.15. The summed E-state index contributed by atoms with van der Waals surface area (Å²) >= 11 is 0. The minimum absolute atomic E-state index is 0.882. The molecule has 80 valence electrons. The molecule has 0 aliphatic heterocycles. The van der Waals surface area contributed by atoms with E-state index in [1.54, 1.807) is 0 Å². The van der Waals surface area contributed by atoms with Gasteiger partial charge < -0.3 is 0 Å². The van der Waals surface area contributed by atoms with Crippen molar-refractivity contribution in [2.75, 3.05) is 0 Å². The van der Waals surface area contributed by atoms with Gasteiger partial charge in [0.2, 0.25) is 0 Å². The monoisotopic (exact) mass is 192 g/mol. The van der Waals surface area contributed by atoms with Crippen molar-refractivity contribution in [1.29, 1.82) is 0 Å². The zero-order valence-electron chi connectivity index (χ0n) is 9.60. The number of hydrogen-bond donors (Lipinski definition) is 0. The maximum Gasteiger partial charge on any atom is 0.0121 e. The van der Waals surface area contributed by atoms with Crippen LogP contribution in [-0.4, -0.2) is 0 Å². The molecule has 0 aromatic rings. The highest BCUT2D eigenvalue weighted by atomic mass is 13.9. The van der Waals surface area contributed by atoms with Crippen LogP contribution in [0, 0.1) is 12.3 Å². The number of terminal acetylenes is 1. The van der Waals surface area contributed by atoms with Gasteiger partial charge in [-0.25, -0.2) is 0 Å². The SMILES string of the molecule is C#CCC/C=C\CCCCCCCC. The fraction of sp³-hybridized carbons (Fsp3) is 0.714. The largest absolute Gasteiger partial charge is 0.120 e. The summed E-state index contributed by atoms with van der Waals surface area (Å²) in [5, 5.41) is 0. The number of hydrogen-bond acceptors (Lipinski definition) is 0. The van der Waals surface area contributed by atoms with Gasteiger partial charge in [-0.2, -0.15) is 0 Å². The molecule has 0 N–H and O–H groups in total. The van der Waals surface area contributed by atoms with Crippen LogP contribution in [0.5, 0.6) is 0 Å². The van der Waals surface area contributed by atoms with Gasteiger partial charge in [-0.3, -0.25) is 0 Å². The van der Waals surface area contributed by atoms with Crippen molar-refractivity contribution in [3.05, 3.63) is 12.2 Å². The van der Waals surface area contributed by atoms with Crippen LogP contribution in [0.4, 0.5) is 0 Å². The highest BCUT2D eigenvalue weighted by molar-refractivity contribution is 4.90. The van der Waals surface area contributed by atoms with Crippen LogP contribution in [0.3, 0.4) is 0 Å². The van der Waals surface area contributed by atoms with Gasteiger partial charge in [0.25, 0.3) is 0 Å². The molecule has 0 heteroatoms. The standard InChI is InChI=1S/C14H24/c1-3-5-7-9-11-13-14-12-10-8-6-4-2/h1,9,11H,4-8,10,12-14H2,2H3/b11-9-. The lowest BCUT2D eigenvalue weighted by atomic mass is 10.1. The Kier molecular flexibility index (Phi) is 11.7. The van der Waals surface area contributed by atoms with Crippen molar-refractivity contribution >= 4 is 0 Å². The summed E-state index contributed by atoms with van der Waals surface area (Å²) in [5.41, 5.74) is 0. The van der Waals surface area contributed by atoms with E-state index in [0.717, 1.165) is 12.8 Å². The molecule has 0 nitrogen and oxygen atoms in total. The molecule has 0 saturated carbocycles. The van der Waals surface area contributed by atoms with Crippen LogP contribution in [0.25, 0.3) is 0 Å². The van der Waals surface area contributed by atoms with Crippen molar-refractivity contribution in [3.63, 3.8) is 0 Å². The molecule has 0 spiro atoms. The molecule has 0 fully saturated rings. The molecule has 0 bridgehead atoms. The Bertz CT molecular complexity index is 159. The van der Waals surface area contributed by atoms with Crippen molar-refractivity contribution < 1.29 is 0 Å². The van der Waals surface area contributed by atoms with E-state index in [2.05, 4.69) is 25.0 Å². The summed E-state index contributed by atoms with van der Waals surface area (Å²) < 4.78 is 0. The van der Waals surface area contributed by atoms with Gasteiger partial charge in [0.05, 0.1) is 0 Å². The summed E-state index contributed by atoms with van der Waals surface area (Å²) in [7, 11) is 0. The average Bonchev–Trinajstić information content (AvgIpc) is 2.21. The third-order valence-electron chi connectivity index (χ3n) is 2.35. The third kappa shape index (κ3) is 11.3. The fourth-order valence-corrected chi connectivity index (χ4v) is 1.44. The maximum atomic E-state index is 5.15. The second-order valence-electron chi connectivity index (χ2n) is 3.77. The van der Waals surface area contributed by atoms with Crippen molar-refractivity contribution in [3.8, 4) is 12.3 Å². The zero-order valence-corrected chi connectivity index (χ0v) is 9.60. The van der Waals surface area contributed by atoms with E-state index in [4.69, 9.17) is 6.42 Å². The third-order valence-corrected chi connectivity index (χ3v) is 2.35. The molecule has 0 aromatic carbocycles. The summed E-state index contributed by atoms with van der Waals surface area (Å²) in [6, 6.07) is 0. The van der Waals surface area contributed by atoms with Crippen molar-refractivity contribution in [2.24, 2.45) is 0 Å². The minimum atomic E-state index is 0.882. The molecule has 0 atom stereocenters. The first-order valence-corrected chi connectivity index (χ1v) is 6.00. The molecule has 0 aliphatic carbocycles. The lowest BCUT2D eigenvalue weighted by Crippen LogP contribution is -1.77. The summed E-state index contributed by atoms with van der Waals surface area (Å²) in [6.07, 6.45) is 21.1. The van der Waals surface area contributed by atoms with E-state index in [9.17, 15) is 0 Å². The van der Waals surface area contributed by atoms with Crippen LogP contribution < -0.4 is 0 Å². The van der Waals surface area contributed by atoms with Crippen LogP contribution in [0.2, 0.25) is 0 Å². The Balaban J connectivity index is 2.98. The molecule has 0 heterocycles. The summed E-state index contributed by atoms with van der Waals surface area (Å²) in [6.45, 7) is 2.26.